The highest BCUT2D eigenvalue weighted by Gasteiger charge is 2.15. The summed E-state index contributed by atoms with van der Waals surface area (Å²) in [6.07, 6.45) is 4.97. The molecule has 0 spiro atoms. The minimum absolute atomic E-state index is 0.421. The summed E-state index contributed by atoms with van der Waals surface area (Å²) in [4.78, 5) is 9.75. The van der Waals surface area contributed by atoms with Gasteiger partial charge in [-0.3, -0.25) is 0 Å². The average molecular weight is 401 g/mol. The van der Waals surface area contributed by atoms with Gasteiger partial charge in [-0.2, -0.15) is 0 Å². The summed E-state index contributed by atoms with van der Waals surface area (Å²) in [7, 11) is 0. The highest BCUT2D eigenvalue weighted by atomic mass is 16.5. The zero-order valence-electron chi connectivity index (χ0n) is 18.9. The number of aliphatic imine (C=N–C) groups is 2. The topological polar surface area (TPSA) is 34.0 Å². The fraction of sp³-hybridized carbons (Fsp3) is 0.333. The SMILES string of the molecule is C/C(=N\c1ccccc1C(C)C)C1=CCC=C(/C(C)=N/c2ccccc2C(C)C)O1. The summed E-state index contributed by atoms with van der Waals surface area (Å²) < 4.78 is 6.22. The standard InChI is InChI=1S/C27H32N2O/c1-18(2)22-12-7-9-14-24(22)28-20(5)26-16-11-17-27(30-26)21(6)29-25-15-10-8-13-23(25)19(3)4/h7-10,12-19H,11H2,1-6H3/b28-20+,29-21+. The average Bonchev–Trinajstić information content (AvgIpc) is 2.74. The van der Waals surface area contributed by atoms with E-state index < -0.39 is 0 Å². The molecule has 30 heavy (non-hydrogen) atoms. The fourth-order valence-corrected chi connectivity index (χ4v) is 3.54. The third-order valence-electron chi connectivity index (χ3n) is 5.23. The number of hydrogen-bond acceptors (Lipinski definition) is 3. The van der Waals surface area contributed by atoms with Crippen molar-refractivity contribution in [1.82, 2.24) is 0 Å². The van der Waals surface area contributed by atoms with Crippen LogP contribution in [-0.2, 0) is 4.74 Å². The first kappa shape index (κ1) is 21.8. The lowest BCUT2D eigenvalue weighted by Crippen LogP contribution is -2.11. The van der Waals surface area contributed by atoms with Crippen LogP contribution in [0.25, 0.3) is 0 Å². The molecular weight excluding hydrogens is 368 g/mol. The van der Waals surface area contributed by atoms with Crippen molar-refractivity contribution in [3.63, 3.8) is 0 Å². The lowest BCUT2D eigenvalue weighted by molar-refractivity contribution is 0.343. The normalized spacial score (nSPS) is 15.2. The van der Waals surface area contributed by atoms with Gasteiger partial charge in [0.1, 0.15) is 11.5 Å². The molecule has 0 amide bonds. The molecule has 0 N–H and O–H groups in total. The molecule has 0 aliphatic carbocycles. The van der Waals surface area contributed by atoms with E-state index in [1.54, 1.807) is 0 Å². The molecule has 0 bridgehead atoms. The van der Waals surface area contributed by atoms with Crippen LogP contribution in [0.4, 0.5) is 11.4 Å². The molecule has 0 aromatic heterocycles. The molecule has 3 heteroatoms. The third-order valence-corrected chi connectivity index (χ3v) is 5.23. The number of benzene rings is 2. The van der Waals surface area contributed by atoms with Gasteiger partial charge >= 0.3 is 0 Å². The first-order valence-corrected chi connectivity index (χ1v) is 10.7. The first-order valence-electron chi connectivity index (χ1n) is 10.7. The predicted octanol–water partition coefficient (Wildman–Crippen LogP) is 8.01. The van der Waals surface area contributed by atoms with Crippen LogP contribution in [-0.4, -0.2) is 11.4 Å². The van der Waals surface area contributed by atoms with Crippen molar-refractivity contribution in [3.05, 3.63) is 83.3 Å². The summed E-state index contributed by atoms with van der Waals surface area (Å²) >= 11 is 0. The summed E-state index contributed by atoms with van der Waals surface area (Å²) in [5, 5.41) is 0. The molecule has 1 aliphatic rings. The summed E-state index contributed by atoms with van der Waals surface area (Å²) in [5.74, 6) is 2.45. The van der Waals surface area contributed by atoms with Gasteiger partial charge in [0.25, 0.3) is 0 Å². The highest BCUT2D eigenvalue weighted by Crippen LogP contribution is 2.30. The Morgan fingerprint density at radius 3 is 1.50 bits per heavy atom. The molecule has 0 radical (unpaired) electrons. The summed E-state index contributed by atoms with van der Waals surface area (Å²) in [5.41, 5.74) is 6.25. The van der Waals surface area contributed by atoms with Crippen molar-refractivity contribution in [3.8, 4) is 0 Å². The van der Waals surface area contributed by atoms with E-state index in [-0.39, 0.29) is 0 Å². The van der Waals surface area contributed by atoms with Crippen LogP contribution < -0.4 is 0 Å². The third kappa shape index (κ3) is 5.15. The number of nitrogens with zero attached hydrogens (tertiary/aromatic N) is 2. The van der Waals surface area contributed by atoms with Gasteiger partial charge in [0.2, 0.25) is 0 Å². The lowest BCUT2D eigenvalue weighted by atomic mass is 10.0. The van der Waals surface area contributed by atoms with Gasteiger partial charge in [-0.1, -0.05) is 64.1 Å². The second kappa shape index (κ2) is 9.71. The maximum atomic E-state index is 6.22. The van der Waals surface area contributed by atoms with E-state index in [9.17, 15) is 0 Å². The van der Waals surface area contributed by atoms with Crippen molar-refractivity contribution in [2.75, 3.05) is 0 Å². The van der Waals surface area contributed by atoms with E-state index in [0.717, 1.165) is 40.7 Å². The molecule has 2 aromatic carbocycles. The first-order chi connectivity index (χ1) is 14.4. The maximum Gasteiger partial charge on any atom is 0.145 e. The quantitative estimate of drug-likeness (QED) is 0.452. The van der Waals surface area contributed by atoms with Crippen LogP contribution in [0.1, 0.15) is 70.9 Å². The minimum Gasteiger partial charge on any atom is -0.454 e. The van der Waals surface area contributed by atoms with Crippen molar-refractivity contribution in [2.45, 2.75) is 59.8 Å². The predicted molar refractivity (Wildman–Crippen MR) is 128 cm³/mol. The zero-order chi connectivity index (χ0) is 21.7. The highest BCUT2D eigenvalue weighted by molar-refractivity contribution is 6.02. The summed E-state index contributed by atoms with van der Waals surface area (Å²) in [6.45, 7) is 12.8. The Kier molecular flexibility index (Phi) is 7.04. The molecule has 0 unspecified atom stereocenters. The van der Waals surface area contributed by atoms with Crippen molar-refractivity contribution >= 4 is 22.8 Å². The van der Waals surface area contributed by atoms with Gasteiger partial charge in [-0.15, -0.1) is 0 Å². The Morgan fingerprint density at radius 2 is 1.10 bits per heavy atom. The van der Waals surface area contributed by atoms with Gasteiger partial charge in [-0.05, 0) is 67.5 Å². The fourth-order valence-electron chi connectivity index (χ4n) is 3.54. The number of hydrogen-bond donors (Lipinski definition) is 0. The molecule has 1 aliphatic heterocycles. The van der Waals surface area contributed by atoms with Crippen molar-refractivity contribution in [2.24, 2.45) is 9.98 Å². The van der Waals surface area contributed by atoms with Gasteiger partial charge in [0.15, 0.2) is 0 Å². The zero-order valence-corrected chi connectivity index (χ0v) is 18.9. The lowest BCUT2D eigenvalue weighted by Gasteiger charge is -2.18. The maximum absolute atomic E-state index is 6.22. The molecular formula is C27H32N2O. The number of rotatable bonds is 6. The van der Waals surface area contributed by atoms with Crippen LogP contribution in [0, 0.1) is 0 Å². The van der Waals surface area contributed by atoms with E-state index in [0.29, 0.717) is 11.8 Å². The van der Waals surface area contributed by atoms with E-state index in [1.807, 2.05) is 26.0 Å². The molecule has 0 saturated carbocycles. The van der Waals surface area contributed by atoms with E-state index in [4.69, 9.17) is 14.7 Å². The number of para-hydroxylation sites is 2. The van der Waals surface area contributed by atoms with E-state index >= 15 is 0 Å². The van der Waals surface area contributed by atoms with Crippen molar-refractivity contribution < 1.29 is 4.74 Å². The number of ether oxygens (including phenoxy) is 1. The largest absolute Gasteiger partial charge is 0.454 e. The molecule has 3 nitrogen and oxygen atoms in total. The molecule has 3 rings (SSSR count). The number of allylic oxidation sites excluding steroid dienone is 4. The Balaban J connectivity index is 1.82. The van der Waals surface area contributed by atoms with E-state index in [1.165, 1.54) is 11.1 Å². The monoisotopic (exact) mass is 400 g/mol. The molecule has 0 atom stereocenters. The summed E-state index contributed by atoms with van der Waals surface area (Å²) in [6, 6.07) is 16.6. The smallest absolute Gasteiger partial charge is 0.145 e. The Labute approximate surface area is 180 Å². The Hall–Kier alpha value is -2.94. The van der Waals surface area contributed by atoms with Crippen LogP contribution >= 0.6 is 0 Å². The molecule has 156 valence electrons. The van der Waals surface area contributed by atoms with Crippen LogP contribution in [0.3, 0.4) is 0 Å². The molecule has 2 aromatic rings. The minimum atomic E-state index is 0.421. The van der Waals surface area contributed by atoms with Crippen LogP contribution in [0.5, 0.6) is 0 Å². The molecule has 0 fully saturated rings. The van der Waals surface area contributed by atoms with Gasteiger partial charge in [-0.25, -0.2) is 9.98 Å². The second-order valence-corrected chi connectivity index (χ2v) is 8.30. The molecule has 1 heterocycles. The van der Waals surface area contributed by atoms with Gasteiger partial charge in [0, 0.05) is 0 Å². The second-order valence-electron chi connectivity index (χ2n) is 8.30. The van der Waals surface area contributed by atoms with Gasteiger partial charge < -0.3 is 4.74 Å². The van der Waals surface area contributed by atoms with Crippen LogP contribution in [0.15, 0.2) is 82.2 Å². The Morgan fingerprint density at radius 1 is 0.700 bits per heavy atom. The van der Waals surface area contributed by atoms with Crippen LogP contribution in [0.2, 0.25) is 0 Å². The van der Waals surface area contributed by atoms with Crippen molar-refractivity contribution in [1.29, 1.82) is 0 Å². The Bertz CT molecular complexity index is 941. The van der Waals surface area contributed by atoms with Gasteiger partial charge in [0.05, 0.1) is 22.8 Å². The van der Waals surface area contributed by atoms with E-state index in [2.05, 4.69) is 76.2 Å². The molecule has 0 saturated heterocycles.